The zero-order chi connectivity index (χ0) is 13.9. The normalized spacial score (nSPS) is 26.4. The molecule has 1 aliphatic heterocycles. The van der Waals surface area contributed by atoms with Crippen molar-refractivity contribution in [3.63, 3.8) is 0 Å². The fraction of sp³-hybridized carbons (Fsp3) is 0.933. The second-order valence-electron chi connectivity index (χ2n) is 7.12. The van der Waals surface area contributed by atoms with Crippen molar-refractivity contribution in [2.24, 2.45) is 11.1 Å². The molecule has 110 valence electrons. The predicted octanol–water partition coefficient (Wildman–Crippen LogP) is 1.49. The Morgan fingerprint density at radius 2 is 1.68 bits per heavy atom. The summed E-state index contributed by atoms with van der Waals surface area (Å²) in [6.07, 6.45) is 7.60. The van der Waals surface area contributed by atoms with E-state index in [9.17, 15) is 4.79 Å². The van der Waals surface area contributed by atoms with Gasteiger partial charge in [-0.1, -0.05) is 13.8 Å². The molecule has 0 aromatic rings. The van der Waals surface area contributed by atoms with E-state index in [1.165, 1.54) is 25.7 Å². The first-order valence-electron chi connectivity index (χ1n) is 7.71. The number of hydrogen-bond acceptors (Lipinski definition) is 3. The van der Waals surface area contributed by atoms with E-state index in [0.717, 1.165) is 25.9 Å². The third kappa shape index (κ3) is 4.77. The van der Waals surface area contributed by atoms with E-state index < -0.39 is 0 Å². The molecule has 0 bridgehead atoms. The predicted molar refractivity (Wildman–Crippen MR) is 77.8 cm³/mol. The summed E-state index contributed by atoms with van der Waals surface area (Å²) >= 11 is 0. The zero-order valence-corrected chi connectivity index (χ0v) is 12.5. The molecule has 19 heavy (non-hydrogen) atoms. The maximum absolute atomic E-state index is 10.9. The van der Waals surface area contributed by atoms with Gasteiger partial charge < -0.3 is 11.1 Å². The van der Waals surface area contributed by atoms with Gasteiger partial charge in [0, 0.05) is 25.2 Å². The highest BCUT2D eigenvalue weighted by Gasteiger charge is 2.29. The molecule has 3 N–H and O–H groups in total. The summed E-state index contributed by atoms with van der Waals surface area (Å²) in [6.45, 7) is 7.18. The maximum atomic E-state index is 10.9. The second kappa shape index (κ2) is 6.23. The summed E-state index contributed by atoms with van der Waals surface area (Å²) in [5.41, 5.74) is 5.78. The third-order valence-corrected chi connectivity index (χ3v) is 4.78. The van der Waals surface area contributed by atoms with E-state index in [1.54, 1.807) is 0 Å². The Balaban J connectivity index is 1.67. The molecule has 0 spiro atoms. The molecule has 2 aliphatic rings. The Bertz CT molecular complexity index is 299. The monoisotopic (exact) mass is 267 g/mol. The van der Waals surface area contributed by atoms with E-state index in [1.807, 2.05) is 0 Å². The summed E-state index contributed by atoms with van der Waals surface area (Å²) < 4.78 is 0. The molecule has 0 radical (unpaired) electrons. The van der Waals surface area contributed by atoms with Crippen LogP contribution in [0, 0.1) is 5.41 Å². The molecule has 1 saturated carbocycles. The van der Waals surface area contributed by atoms with E-state index in [4.69, 9.17) is 5.73 Å². The molecule has 2 rings (SSSR count). The van der Waals surface area contributed by atoms with E-state index in [2.05, 4.69) is 24.1 Å². The van der Waals surface area contributed by atoms with Gasteiger partial charge >= 0.3 is 0 Å². The van der Waals surface area contributed by atoms with Gasteiger partial charge in [0.1, 0.15) is 0 Å². The molecule has 1 heterocycles. The maximum Gasteiger partial charge on any atom is 0.231 e. The summed E-state index contributed by atoms with van der Waals surface area (Å²) in [5.74, 6) is -0.207. The number of carbonyl (C=O) groups excluding carboxylic acids is 1. The Labute approximate surface area is 117 Å². The summed E-state index contributed by atoms with van der Waals surface area (Å²) in [6, 6.07) is 1.34. The Hall–Kier alpha value is -0.610. The minimum absolute atomic E-state index is 0.207. The molecule has 2 fully saturated rings. The highest BCUT2D eigenvalue weighted by Crippen LogP contribution is 2.35. The van der Waals surface area contributed by atoms with Gasteiger partial charge in [0.15, 0.2) is 0 Å². The number of amides is 1. The summed E-state index contributed by atoms with van der Waals surface area (Å²) in [7, 11) is 0. The number of primary amides is 1. The fourth-order valence-corrected chi connectivity index (χ4v) is 3.38. The molecule has 0 unspecified atom stereocenters. The van der Waals surface area contributed by atoms with Gasteiger partial charge in [-0.2, -0.15) is 0 Å². The number of nitrogens with two attached hydrogens (primary N) is 1. The van der Waals surface area contributed by atoms with Crippen LogP contribution < -0.4 is 11.1 Å². The standard InChI is InChI=1S/C15H29N3O/c1-15(2)7-3-12(4-8-15)17-13-5-9-18(10-6-13)11-14(16)19/h12-13,17H,3-11H2,1-2H3,(H2,16,19). The molecule has 1 amide bonds. The zero-order valence-electron chi connectivity index (χ0n) is 12.5. The van der Waals surface area contributed by atoms with Gasteiger partial charge in [-0.05, 0) is 43.9 Å². The van der Waals surface area contributed by atoms with Crippen molar-refractivity contribution in [3.8, 4) is 0 Å². The lowest BCUT2D eigenvalue weighted by molar-refractivity contribution is -0.119. The van der Waals surface area contributed by atoms with Crippen LogP contribution in [0.15, 0.2) is 0 Å². The van der Waals surface area contributed by atoms with Crippen LogP contribution in [0.4, 0.5) is 0 Å². The first-order chi connectivity index (χ1) is 8.94. The Kier molecular flexibility index (Phi) is 4.85. The first kappa shape index (κ1) is 14.8. The van der Waals surface area contributed by atoms with Gasteiger partial charge in [0.25, 0.3) is 0 Å². The van der Waals surface area contributed by atoms with Crippen LogP contribution in [-0.4, -0.2) is 42.5 Å². The molecule has 0 aromatic heterocycles. The highest BCUT2D eigenvalue weighted by molar-refractivity contribution is 5.75. The number of piperidine rings is 1. The van der Waals surface area contributed by atoms with Crippen molar-refractivity contribution in [3.05, 3.63) is 0 Å². The number of nitrogens with one attached hydrogen (secondary N) is 1. The number of hydrogen-bond donors (Lipinski definition) is 2. The van der Waals surface area contributed by atoms with E-state index >= 15 is 0 Å². The van der Waals surface area contributed by atoms with E-state index in [-0.39, 0.29) is 5.91 Å². The van der Waals surface area contributed by atoms with Gasteiger partial charge in [0.2, 0.25) is 5.91 Å². The smallest absolute Gasteiger partial charge is 0.231 e. The largest absolute Gasteiger partial charge is 0.369 e. The quantitative estimate of drug-likeness (QED) is 0.811. The third-order valence-electron chi connectivity index (χ3n) is 4.78. The van der Waals surface area contributed by atoms with Crippen LogP contribution in [0.3, 0.4) is 0 Å². The first-order valence-corrected chi connectivity index (χ1v) is 7.71. The lowest BCUT2D eigenvalue weighted by atomic mass is 9.75. The minimum Gasteiger partial charge on any atom is -0.369 e. The molecule has 0 aromatic carbocycles. The minimum atomic E-state index is -0.207. The molecule has 1 saturated heterocycles. The summed E-state index contributed by atoms with van der Waals surface area (Å²) in [5, 5.41) is 3.83. The lowest BCUT2D eigenvalue weighted by Gasteiger charge is -2.38. The van der Waals surface area contributed by atoms with Crippen molar-refractivity contribution < 1.29 is 4.79 Å². The van der Waals surface area contributed by atoms with Crippen LogP contribution >= 0.6 is 0 Å². The molecule has 4 nitrogen and oxygen atoms in total. The van der Waals surface area contributed by atoms with Crippen molar-refractivity contribution in [1.82, 2.24) is 10.2 Å². The van der Waals surface area contributed by atoms with Gasteiger partial charge in [0.05, 0.1) is 6.54 Å². The Morgan fingerprint density at radius 3 is 2.21 bits per heavy atom. The number of rotatable bonds is 4. The van der Waals surface area contributed by atoms with Crippen molar-refractivity contribution >= 4 is 5.91 Å². The number of likely N-dealkylation sites (tertiary alicyclic amines) is 1. The fourth-order valence-electron chi connectivity index (χ4n) is 3.38. The van der Waals surface area contributed by atoms with Crippen LogP contribution in [0.1, 0.15) is 52.4 Å². The van der Waals surface area contributed by atoms with Crippen LogP contribution in [0.2, 0.25) is 0 Å². The SMILES string of the molecule is CC1(C)CCC(NC2CCN(CC(N)=O)CC2)CC1. The Morgan fingerprint density at radius 1 is 1.16 bits per heavy atom. The average molecular weight is 267 g/mol. The topological polar surface area (TPSA) is 58.4 Å². The van der Waals surface area contributed by atoms with Crippen LogP contribution in [-0.2, 0) is 4.79 Å². The number of carbonyl (C=O) groups is 1. The molecular formula is C15H29N3O. The van der Waals surface area contributed by atoms with Crippen LogP contribution in [0.25, 0.3) is 0 Å². The average Bonchev–Trinajstić information content (AvgIpc) is 2.34. The van der Waals surface area contributed by atoms with Crippen molar-refractivity contribution in [1.29, 1.82) is 0 Å². The second-order valence-corrected chi connectivity index (χ2v) is 7.12. The van der Waals surface area contributed by atoms with Gasteiger partial charge in [-0.25, -0.2) is 0 Å². The van der Waals surface area contributed by atoms with Crippen molar-refractivity contribution in [2.45, 2.75) is 64.5 Å². The highest BCUT2D eigenvalue weighted by atomic mass is 16.1. The summed E-state index contributed by atoms with van der Waals surface area (Å²) in [4.78, 5) is 13.1. The lowest BCUT2D eigenvalue weighted by Crippen LogP contribution is -2.48. The molecule has 1 aliphatic carbocycles. The number of nitrogens with zero attached hydrogens (tertiary/aromatic N) is 1. The molecule has 4 heteroatoms. The van der Waals surface area contributed by atoms with Crippen LogP contribution in [0.5, 0.6) is 0 Å². The van der Waals surface area contributed by atoms with Gasteiger partial charge in [-0.3, -0.25) is 9.69 Å². The van der Waals surface area contributed by atoms with Crippen molar-refractivity contribution in [2.75, 3.05) is 19.6 Å². The van der Waals surface area contributed by atoms with Gasteiger partial charge in [-0.15, -0.1) is 0 Å². The molecule has 0 atom stereocenters. The molecular weight excluding hydrogens is 238 g/mol. The van der Waals surface area contributed by atoms with E-state index in [0.29, 0.717) is 24.0 Å².